The average molecular weight is 675 g/mol. The Hall–Kier alpha value is -3.51. The van der Waals surface area contributed by atoms with Gasteiger partial charge in [-0.1, -0.05) is 78.2 Å². The van der Waals surface area contributed by atoms with Crippen molar-refractivity contribution < 1.29 is 28.6 Å². The van der Waals surface area contributed by atoms with Gasteiger partial charge in [0.15, 0.2) is 27.4 Å². The number of aliphatic hydroxyl groups is 1. The highest BCUT2D eigenvalue weighted by atomic mass is 35.5. The van der Waals surface area contributed by atoms with Crippen molar-refractivity contribution in [2.75, 3.05) is 18.6 Å². The lowest BCUT2D eigenvalue weighted by Crippen LogP contribution is -2.31. The molecular weight excluding hydrogens is 645 g/mol. The normalized spacial score (nSPS) is 14.9. The van der Waals surface area contributed by atoms with Crippen LogP contribution in [0.5, 0.6) is 11.5 Å². The number of aliphatic hydroxyl groups excluding tert-OH is 1. The van der Waals surface area contributed by atoms with Gasteiger partial charge in [-0.2, -0.15) is 0 Å². The van der Waals surface area contributed by atoms with Crippen molar-refractivity contribution in [2.24, 2.45) is 0 Å². The summed E-state index contributed by atoms with van der Waals surface area (Å²) in [6.45, 7) is 4.34. The largest absolute Gasteiger partial charge is 0.503 e. The highest BCUT2D eigenvalue weighted by molar-refractivity contribution is 8.00. The summed E-state index contributed by atoms with van der Waals surface area (Å²) in [6, 6.07) is 12.5. The number of methoxy groups -OCH3 is 1. The van der Waals surface area contributed by atoms with E-state index in [9.17, 15) is 14.7 Å². The number of ether oxygens (including phenoxy) is 2. The third-order valence-corrected chi connectivity index (χ3v) is 9.59. The van der Waals surface area contributed by atoms with Gasteiger partial charge in [0.2, 0.25) is 10.9 Å². The van der Waals surface area contributed by atoms with Crippen LogP contribution in [-0.2, 0) is 10.5 Å². The smallest absolute Gasteiger partial charge is 0.296 e. The molecule has 1 amide bonds. The Morgan fingerprint density at radius 3 is 2.64 bits per heavy atom. The van der Waals surface area contributed by atoms with Gasteiger partial charge in [-0.15, -0.1) is 10.2 Å². The van der Waals surface area contributed by atoms with Gasteiger partial charge in [0.05, 0.1) is 25.3 Å². The summed E-state index contributed by atoms with van der Waals surface area (Å²) >= 11 is 14.9. The summed E-state index contributed by atoms with van der Waals surface area (Å²) in [5.41, 5.74) is 1.22. The Kier molecular flexibility index (Phi) is 10.2. The van der Waals surface area contributed by atoms with Crippen LogP contribution in [-0.4, -0.2) is 40.7 Å². The fourth-order valence-electron chi connectivity index (χ4n) is 4.68. The summed E-state index contributed by atoms with van der Waals surface area (Å²) in [7, 11) is 1.52. The number of carbonyl (C=O) groups excluding carboxylic acids is 2. The van der Waals surface area contributed by atoms with Crippen molar-refractivity contribution in [1.82, 2.24) is 10.2 Å². The van der Waals surface area contributed by atoms with Crippen molar-refractivity contribution in [1.29, 1.82) is 0 Å². The Morgan fingerprint density at radius 2 is 1.93 bits per heavy atom. The van der Waals surface area contributed by atoms with Crippen LogP contribution in [0.2, 0.25) is 10.0 Å². The topological polar surface area (TPSA) is 115 Å². The number of rotatable bonds is 13. The molecule has 5 rings (SSSR count). The zero-order valence-corrected chi connectivity index (χ0v) is 27.3. The second-order valence-electron chi connectivity index (χ2n) is 9.92. The highest BCUT2D eigenvalue weighted by Crippen LogP contribution is 2.45. The third-order valence-electron chi connectivity index (χ3n) is 6.89. The first-order valence-electron chi connectivity index (χ1n) is 13.8. The standard InChI is InChI=1S/C31H29Cl2N3O6S2/c1-4-5-6-13-41-22-12-9-18(14-24(22)40-3)26-25(27(37)23-11-7-17(2)42-23)28(38)29(39)36(26)30-34-35-31(44-30)43-16-19-8-10-20(32)15-21(19)33/h7-12,14-15,26,38H,4-6,13,16H2,1-3H3. The molecule has 0 fully saturated rings. The zero-order chi connectivity index (χ0) is 31.4. The van der Waals surface area contributed by atoms with Gasteiger partial charge in [-0.25, -0.2) is 0 Å². The second kappa shape index (κ2) is 14.1. The average Bonchev–Trinajstić information content (AvgIpc) is 3.72. The Morgan fingerprint density at radius 1 is 1.11 bits per heavy atom. The number of carbonyl (C=O) groups is 2. The number of benzene rings is 2. The SMILES string of the molecule is CCCCCOc1ccc(C2C(C(=O)c3ccc(C)o3)=C(O)C(=O)N2c2nnc(SCc3ccc(Cl)cc3Cl)s2)cc1OC. The molecule has 1 unspecified atom stereocenters. The molecule has 230 valence electrons. The molecule has 13 heteroatoms. The van der Waals surface area contributed by atoms with Gasteiger partial charge in [0.1, 0.15) is 5.76 Å². The third kappa shape index (κ3) is 6.76. The molecule has 0 spiro atoms. The van der Waals surface area contributed by atoms with Crippen molar-refractivity contribution >= 4 is 63.1 Å². The maximum atomic E-state index is 13.7. The maximum Gasteiger partial charge on any atom is 0.296 e. The van der Waals surface area contributed by atoms with Crippen molar-refractivity contribution in [3.63, 3.8) is 0 Å². The summed E-state index contributed by atoms with van der Waals surface area (Å²) < 4.78 is 17.7. The van der Waals surface area contributed by atoms with Gasteiger partial charge in [0.25, 0.3) is 5.91 Å². The van der Waals surface area contributed by atoms with E-state index in [1.807, 2.05) is 6.07 Å². The first-order valence-corrected chi connectivity index (χ1v) is 16.4. The van der Waals surface area contributed by atoms with Crippen LogP contribution < -0.4 is 14.4 Å². The Balaban J connectivity index is 1.49. The monoisotopic (exact) mass is 673 g/mol. The van der Waals surface area contributed by atoms with Gasteiger partial charge in [-0.3, -0.25) is 14.5 Å². The van der Waals surface area contributed by atoms with E-state index < -0.39 is 23.5 Å². The predicted molar refractivity (Wildman–Crippen MR) is 172 cm³/mol. The molecule has 0 saturated carbocycles. The number of unbranched alkanes of at least 4 members (excludes halogenated alkanes) is 2. The number of furan rings is 1. The van der Waals surface area contributed by atoms with E-state index in [2.05, 4.69) is 17.1 Å². The molecule has 1 aliphatic heterocycles. The fourth-order valence-corrected chi connectivity index (χ4v) is 7.11. The number of thioether (sulfide) groups is 1. The molecule has 4 aromatic rings. The minimum absolute atomic E-state index is 0.0000980. The van der Waals surface area contributed by atoms with Crippen LogP contribution in [0.3, 0.4) is 0 Å². The fraction of sp³-hybridized carbons (Fsp3) is 0.290. The number of hydrogen-bond donors (Lipinski definition) is 1. The molecule has 2 aromatic heterocycles. The van der Waals surface area contributed by atoms with Crippen LogP contribution in [0.1, 0.15) is 59.7 Å². The minimum atomic E-state index is -1.04. The molecule has 0 radical (unpaired) electrons. The number of amides is 1. The number of aromatic nitrogens is 2. The Labute approximate surface area is 272 Å². The predicted octanol–water partition coefficient (Wildman–Crippen LogP) is 8.40. The number of Topliss-reactive ketones (excluding diaryl/α,β-unsaturated/α-hetero) is 1. The van der Waals surface area contributed by atoms with Crippen LogP contribution in [0, 0.1) is 6.92 Å². The lowest BCUT2D eigenvalue weighted by Gasteiger charge is -2.24. The number of halogens is 2. The number of aryl methyl sites for hydroxylation is 1. The van der Waals surface area contributed by atoms with E-state index in [0.717, 1.165) is 36.2 Å². The number of hydrogen-bond acceptors (Lipinski definition) is 10. The second-order valence-corrected chi connectivity index (χ2v) is 12.9. The summed E-state index contributed by atoms with van der Waals surface area (Å²) in [4.78, 5) is 28.6. The van der Waals surface area contributed by atoms with E-state index in [1.165, 1.54) is 29.8 Å². The van der Waals surface area contributed by atoms with Gasteiger partial charge in [0, 0.05) is 15.8 Å². The van der Waals surface area contributed by atoms with E-state index in [0.29, 0.717) is 49.6 Å². The molecule has 0 bridgehead atoms. The van der Waals surface area contributed by atoms with E-state index in [4.69, 9.17) is 37.1 Å². The quantitative estimate of drug-likeness (QED) is 0.0646. The highest BCUT2D eigenvalue weighted by Gasteiger charge is 2.47. The summed E-state index contributed by atoms with van der Waals surface area (Å²) in [6.07, 6.45) is 3.00. The van der Waals surface area contributed by atoms with Crippen LogP contribution >= 0.6 is 46.3 Å². The van der Waals surface area contributed by atoms with Crippen LogP contribution in [0.25, 0.3) is 0 Å². The maximum absolute atomic E-state index is 13.7. The molecule has 2 aromatic carbocycles. The summed E-state index contributed by atoms with van der Waals surface area (Å²) in [5, 5.41) is 20.9. The van der Waals surface area contributed by atoms with Crippen molar-refractivity contribution in [3.8, 4) is 11.5 Å². The Bertz CT molecular complexity index is 1720. The van der Waals surface area contributed by atoms with Gasteiger partial charge >= 0.3 is 0 Å². The molecule has 9 nitrogen and oxygen atoms in total. The molecule has 0 saturated heterocycles. The van der Waals surface area contributed by atoms with E-state index in [1.54, 1.807) is 43.3 Å². The lowest BCUT2D eigenvalue weighted by atomic mass is 9.95. The number of ketones is 1. The first kappa shape index (κ1) is 31.9. The lowest BCUT2D eigenvalue weighted by molar-refractivity contribution is -0.117. The van der Waals surface area contributed by atoms with Crippen molar-refractivity contribution in [3.05, 3.63) is 92.6 Å². The minimum Gasteiger partial charge on any atom is -0.503 e. The van der Waals surface area contributed by atoms with Crippen LogP contribution in [0.4, 0.5) is 5.13 Å². The van der Waals surface area contributed by atoms with Gasteiger partial charge in [-0.05, 0) is 60.9 Å². The van der Waals surface area contributed by atoms with E-state index >= 15 is 0 Å². The first-order chi connectivity index (χ1) is 21.2. The molecule has 44 heavy (non-hydrogen) atoms. The van der Waals surface area contributed by atoms with Crippen LogP contribution in [0.15, 0.2) is 68.6 Å². The van der Waals surface area contributed by atoms with Gasteiger partial charge < -0.3 is 19.0 Å². The van der Waals surface area contributed by atoms with E-state index in [-0.39, 0.29) is 16.5 Å². The molecule has 1 aliphatic rings. The number of nitrogens with zero attached hydrogens (tertiary/aromatic N) is 3. The molecular formula is C31H29Cl2N3O6S2. The number of anilines is 1. The molecule has 3 heterocycles. The summed E-state index contributed by atoms with van der Waals surface area (Å²) in [5.74, 6) is -0.132. The molecule has 0 aliphatic carbocycles. The molecule has 1 atom stereocenters. The molecule has 1 N–H and O–H groups in total. The van der Waals surface area contributed by atoms with Crippen molar-refractivity contribution in [2.45, 2.75) is 49.2 Å². The zero-order valence-electron chi connectivity index (χ0n) is 24.1.